The van der Waals surface area contributed by atoms with E-state index >= 15 is 0 Å². The van der Waals surface area contributed by atoms with E-state index in [-0.39, 0.29) is 11.9 Å². The summed E-state index contributed by atoms with van der Waals surface area (Å²) in [5, 5.41) is 8.24. The van der Waals surface area contributed by atoms with Gasteiger partial charge in [0.1, 0.15) is 18.1 Å². The summed E-state index contributed by atoms with van der Waals surface area (Å²) in [6.45, 7) is 7.77. The molecule has 2 aromatic rings. The summed E-state index contributed by atoms with van der Waals surface area (Å²) in [5.41, 5.74) is 6.55. The van der Waals surface area contributed by atoms with E-state index in [2.05, 4.69) is 23.7 Å². The third-order valence-corrected chi connectivity index (χ3v) is 4.06. The summed E-state index contributed by atoms with van der Waals surface area (Å²) >= 11 is 0. The number of nitrogens with zero attached hydrogens (tertiary/aromatic N) is 2. The van der Waals surface area contributed by atoms with Crippen molar-refractivity contribution >= 4 is 22.8 Å². The number of likely N-dealkylation sites (N-methyl/N-ethyl adjacent to an activating group) is 1. The van der Waals surface area contributed by atoms with Crippen molar-refractivity contribution in [2.75, 3.05) is 33.3 Å². The number of guanidine groups is 1. The lowest BCUT2D eigenvalue weighted by molar-refractivity contribution is 0.0864. The van der Waals surface area contributed by atoms with Crippen molar-refractivity contribution in [1.29, 1.82) is 5.41 Å². The number of nitrogens with two attached hydrogens (primary N) is 1. The molecule has 0 saturated heterocycles. The van der Waals surface area contributed by atoms with Gasteiger partial charge in [0.15, 0.2) is 5.96 Å². The first kappa shape index (κ1) is 17.8. The van der Waals surface area contributed by atoms with E-state index in [9.17, 15) is 4.79 Å². The van der Waals surface area contributed by atoms with Crippen molar-refractivity contribution in [1.82, 2.24) is 14.8 Å². The van der Waals surface area contributed by atoms with Crippen molar-refractivity contribution in [2.24, 2.45) is 5.73 Å². The van der Waals surface area contributed by atoms with Crippen LogP contribution in [0, 0.1) is 5.41 Å². The number of carbonyl (C=O) groups excluding carboxylic acids is 1. The van der Waals surface area contributed by atoms with Gasteiger partial charge in [-0.25, -0.2) is 0 Å². The monoisotopic (exact) mass is 331 g/mol. The van der Waals surface area contributed by atoms with Crippen LogP contribution in [0.15, 0.2) is 24.3 Å². The minimum atomic E-state index is -0.345. The van der Waals surface area contributed by atoms with Crippen LogP contribution in [0.4, 0.5) is 0 Å². The fourth-order valence-corrected chi connectivity index (χ4v) is 2.43. The zero-order chi connectivity index (χ0) is 17.7. The zero-order valence-corrected chi connectivity index (χ0v) is 14.4. The van der Waals surface area contributed by atoms with Gasteiger partial charge in [-0.05, 0) is 31.3 Å². The number of H-pyrrole nitrogens is 1. The summed E-state index contributed by atoms with van der Waals surface area (Å²) in [7, 11) is 1.47. The average Bonchev–Trinajstić information content (AvgIpc) is 3.00. The third-order valence-electron chi connectivity index (χ3n) is 4.06. The number of ether oxygens (including phenoxy) is 1. The Morgan fingerprint density at radius 3 is 2.62 bits per heavy atom. The van der Waals surface area contributed by atoms with E-state index in [0.29, 0.717) is 12.3 Å². The molecule has 1 heterocycles. The molecule has 0 saturated carbocycles. The Balaban J connectivity index is 2.08. The summed E-state index contributed by atoms with van der Waals surface area (Å²) in [4.78, 5) is 18.6. The van der Waals surface area contributed by atoms with Gasteiger partial charge in [-0.2, -0.15) is 0 Å². The van der Waals surface area contributed by atoms with E-state index in [1.807, 2.05) is 18.2 Å². The van der Waals surface area contributed by atoms with Gasteiger partial charge in [0.25, 0.3) is 5.91 Å². The average molecular weight is 331 g/mol. The van der Waals surface area contributed by atoms with Gasteiger partial charge < -0.3 is 20.4 Å². The number of carbonyl (C=O) groups is 1. The van der Waals surface area contributed by atoms with Crippen LogP contribution in [0.5, 0.6) is 5.75 Å². The highest BCUT2D eigenvalue weighted by Gasteiger charge is 2.16. The van der Waals surface area contributed by atoms with E-state index in [1.165, 1.54) is 7.05 Å². The Morgan fingerprint density at radius 2 is 2.00 bits per heavy atom. The minimum Gasteiger partial charge on any atom is -0.492 e. The second kappa shape index (κ2) is 7.83. The number of hydrogen-bond acceptors (Lipinski definition) is 4. The van der Waals surface area contributed by atoms with Gasteiger partial charge in [-0.3, -0.25) is 15.1 Å². The molecule has 0 aliphatic heterocycles. The van der Waals surface area contributed by atoms with Gasteiger partial charge >= 0.3 is 0 Å². The molecule has 2 rings (SSSR count). The molecule has 4 N–H and O–H groups in total. The van der Waals surface area contributed by atoms with E-state index in [4.69, 9.17) is 15.9 Å². The maximum atomic E-state index is 12.2. The number of fused-ring (bicyclic) bond motifs is 1. The number of hydrogen-bond donors (Lipinski definition) is 3. The molecule has 24 heavy (non-hydrogen) atoms. The third kappa shape index (κ3) is 4.05. The molecule has 0 aliphatic rings. The smallest absolute Gasteiger partial charge is 0.276 e. The number of rotatable bonds is 7. The first-order chi connectivity index (χ1) is 11.5. The van der Waals surface area contributed by atoms with Crippen molar-refractivity contribution in [3.63, 3.8) is 0 Å². The normalized spacial score (nSPS) is 11.0. The van der Waals surface area contributed by atoms with Gasteiger partial charge in [-0.1, -0.05) is 13.8 Å². The molecule has 1 aromatic carbocycles. The molecule has 0 radical (unpaired) electrons. The molecule has 0 atom stereocenters. The van der Waals surface area contributed by atoms with Crippen LogP contribution in [0.1, 0.15) is 24.3 Å². The van der Waals surface area contributed by atoms with Crippen molar-refractivity contribution in [3.05, 3.63) is 30.0 Å². The van der Waals surface area contributed by atoms with E-state index in [0.717, 1.165) is 41.2 Å². The van der Waals surface area contributed by atoms with Crippen LogP contribution >= 0.6 is 0 Å². The maximum absolute atomic E-state index is 12.2. The Bertz CT molecular complexity index is 721. The first-order valence-corrected chi connectivity index (χ1v) is 8.06. The second-order valence-corrected chi connectivity index (χ2v) is 5.56. The van der Waals surface area contributed by atoms with Crippen LogP contribution in [0.2, 0.25) is 0 Å². The number of aromatic nitrogens is 1. The Morgan fingerprint density at radius 1 is 1.29 bits per heavy atom. The number of nitrogens with one attached hydrogen (secondary N) is 2. The zero-order valence-electron chi connectivity index (χ0n) is 14.4. The lowest BCUT2D eigenvalue weighted by Crippen LogP contribution is -2.38. The lowest BCUT2D eigenvalue weighted by Gasteiger charge is -2.17. The largest absolute Gasteiger partial charge is 0.492 e. The van der Waals surface area contributed by atoms with E-state index in [1.54, 1.807) is 6.07 Å². The first-order valence-electron chi connectivity index (χ1n) is 8.06. The van der Waals surface area contributed by atoms with Gasteiger partial charge in [0.05, 0.1) is 0 Å². The standard InChI is InChI=1S/C17H25N5O2/c1-4-22(5-2)8-9-24-13-7-6-12-10-15(20-14(12)11-13)16(23)21(3)17(18)19/h6-7,10-11,20H,4-5,8-9H2,1-3H3,(H3,18,19). The fraction of sp³-hybridized carbons (Fsp3) is 0.412. The highest BCUT2D eigenvalue weighted by molar-refractivity contribution is 6.05. The highest BCUT2D eigenvalue weighted by Crippen LogP contribution is 2.22. The maximum Gasteiger partial charge on any atom is 0.276 e. The Kier molecular flexibility index (Phi) is 5.81. The van der Waals surface area contributed by atoms with Crippen LogP contribution in [-0.2, 0) is 0 Å². The van der Waals surface area contributed by atoms with Crippen molar-refractivity contribution in [2.45, 2.75) is 13.8 Å². The second-order valence-electron chi connectivity index (χ2n) is 5.56. The molecule has 0 unspecified atom stereocenters. The SMILES string of the molecule is CCN(CC)CCOc1ccc2cc(C(=O)N(C)C(=N)N)[nH]c2c1. The molecule has 0 fully saturated rings. The molecule has 1 aromatic heterocycles. The molecule has 0 aliphatic carbocycles. The van der Waals surface area contributed by atoms with Gasteiger partial charge in [0, 0.05) is 30.6 Å². The molecule has 1 amide bonds. The summed E-state index contributed by atoms with van der Waals surface area (Å²) in [5.74, 6) is 0.122. The summed E-state index contributed by atoms with van der Waals surface area (Å²) in [6.07, 6.45) is 0. The molecular formula is C17H25N5O2. The number of aromatic amines is 1. The minimum absolute atomic E-state index is 0.293. The van der Waals surface area contributed by atoms with Gasteiger partial charge in [-0.15, -0.1) is 0 Å². The van der Waals surface area contributed by atoms with Crippen LogP contribution in [-0.4, -0.2) is 59.9 Å². The predicted octanol–water partition coefficient (Wildman–Crippen LogP) is 1.85. The molecule has 0 bridgehead atoms. The van der Waals surface area contributed by atoms with Crippen LogP contribution in [0.3, 0.4) is 0 Å². The van der Waals surface area contributed by atoms with E-state index < -0.39 is 0 Å². The summed E-state index contributed by atoms with van der Waals surface area (Å²) < 4.78 is 5.79. The van der Waals surface area contributed by atoms with Crippen molar-refractivity contribution < 1.29 is 9.53 Å². The Labute approximate surface area is 141 Å². The Hall–Kier alpha value is -2.54. The highest BCUT2D eigenvalue weighted by atomic mass is 16.5. The molecule has 7 nitrogen and oxygen atoms in total. The fourth-order valence-electron chi connectivity index (χ4n) is 2.43. The molecule has 0 spiro atoms. The molecule has 7 heteroatoms. The van der Waals surface area contributed by atoms with Crippen LogP contribution in [0.25, 0.3) is 10.9 Å². The van der Waals surface area contributed by atoms with Crippen molar-refractivity contribution in [3.8, 4) is 5.75 Å². The lowest BCUT2D eigenvalue weighted by atomic mass is 10.2. The topological polar surface area (TPSA) is 98.4 Å². The number of benzene rings is 1. The molecular weight excluding hydrogens is 306 g/mol. The number of amides is 1. The quantitative estimate of drug-likeness (QED) is 0.533. The van der Waals surface area contributed by atoms with Crippen LogP contribution < -0.4 is 10.5 Å². The predicted molar refractivity (Wildman–Crippen MR) is 95.6 cm³/mol. The molecule has 130 valence electrons. The summed E-state index contributed by atoms with van der Waals surface area (Å²) in [6, 6.07) is 7.42. The van der Waals surface area contributed by atoms with Gasteiger partial charge in [0.2, 0.25) is 0 Å².